The van der Waals surface area contributed by atoms with Gasteiger partial charge in [0.25, 0.3) is 0 Å². The maximum Gasteiger partial charge on any atom is 0.230 e. The van der Waals surface area contributed by atoms with Gasteiger partial charge in [-0.2, -0.15) is 10.1 Å². The number of nitrogens with one attached hydrogen (secondary N) is 1. The minimum atomic E-state index is 0.145. The maximum absolute atomic E-state index is 12.6. The lowest BCUT2D eigenvalue weighted by molar-refractivity contribution is -0.136. The Morgan fingerprint density at radius 1 is 1.24 bits per heavy atom. The lowest BCUT2D eigenvalue weighted by Crippen LogP contribution is -2.42. The number of fused-ring (bicyclic) bond motifs is 1. The highest BCUT2D eigenvalue weighted by Crippen LogP contribution is 2.30. The largest absolute Gasteiger partial charge is 0.342 e. The molecule has 4 heterocycles. The smallest absolute Gasteiger partial charge is 0.230 e. The number of aryl methyl sites for hydroxylation is 2. The van der Waals surface area contributed by atoms with Crippen LogP contribution < -0.4 is 5.32 Å². The van der Waals surface area contributed by atoms with Crippen molar-refractivity contribution in [1.29, 1.82) is 0 Å². The van der Waals surface area contributed by atoms with Crippen LogP contribution in [0, 0.1) is 12.8 Å². The lowest BCUT2D eigenvalue weighted by Gasteiger charge is -2.32. The van der Waals surface area contributed by atoms with Gasteiger partial charge >= 0.3 is 0 Å². The van der Waals surface area contributed by atoms with E-state index >= 15 is 0 Å². The minimum Gasteiger partial charge on any atom is -0.342 e. The van der Waals surface area contributed by atoms with Crippen LogP contribution in [0.15, 0.2) is 22.7 Å². The summed E-state index contributed by atoms with van der Waals surface area (Å²) in [5, 5.41) is 13.1. The van der Waals surface area contributed by atoms with Crippen molar-refractivity contribution in [3.63, 3.8) is 0 Å². The number of benzene rings is 1. The summed E-state index contributed by atoms with van der Waals surface area (Å²) in [6.45, 7) is 5.29. The second-order valence-corrected chi connectivity index (χ2v) is 8.19. The fourth-order valence-corrected chi connectivity index (χ4v) is 4.57. The topological polar surface area (TPSA) is 89.1 Å². The molecule has 2 aromatic heterocycles. The number of likely N-dealkylation sites (tertiary alicyclic amines) is 1. The number of nitrogens with zero attached hydrogens (tertiary/aromatic N) is 5. The zero-order chi connectivity index (χ0) is 20.0. The molecule has 5 rings (SSSR count). The number of rotatable bonds is 3. The Balaban J connectivity index is 1.28. The van der Waals surface area contributed by atoms with Crippen LogP contribution in [0.4, 0.5) is 0 Å². The van der Waals surface area contributed by atoms with Crippen molar-refractivity contribution in [3.8, 4) is 11.4 Å². The molecule has 0 bridgehead atoms. The van der Waals surface area contributed by atoms with Gasteiger partial charge in [-0.15, -0.1) is 0 Å². The van der Waals surface area contributed by atoms with E-state index < -0.39 is 0 Å². The fourth-order valence-electron chi connectivity index (χ4n) is 4.57. The number of carbonyl (C=O) groups is 1. The second kappa shape index (κ2) is 7.26. The summed E-state index contributed by atoms with van der Waals surface area (Å²) in [6.07, 6.45) is 2.69. The highest BCUT2D eigenvalue weighted by molar-refractivity contribution is 5.85. The van der Waals surface area contributed by atoms with E-state index in [1.165, 1.54) is 0 Å². The van der Waals surface area contributed by atoms with Crippen molar-refractivity contribution in [2.75, 3.05) is 26.2 Å². The molecule has 3 aromatic rings. The second-order valence-electron chi connectivity index (χ2n) is 8.19. The van der Waals surface area contributed by atoms with E-state index in [1.54, 1.807) is 0 Å². The summed E-state index contributed by atoms with van der Waals surface area (Å²) < 4.78 is 7.48. The van der Waals surface area contributed by atoms with E-state index in [2.05, 4.69) is 32.7 Å². The Labute approximate surface area is 169 Å². The van der Waals surface area contributed by atoms with E-state index in [4.69, 9.17) is 4.52 Å². The fraction of sp³-hybridized carbons (Fsp3) is 0.524. The van der Waals surface area contributed by atoms with Gasteiger partial charge in [0.05, 0.1) is 17.1 Å². The molecule has 8 nitrogen and oxygen atoms in total. The average molecular weight is 394 g/mol. The Morgan fingerprint density at radius 2 is 2.07 bits per heavy atom. The van der Waals surface area contributed by atoms with E-state index in [-0.39, 0.29) is 11.8 Å². The molecular formula is C21H26N6O2. The molecule has 8 heteroatoms. The normalized spacial score (nSPS) is 20.6. The molecule has 2 saturated heterocycles. The Morgan fingerprint density at radius 3 is 2.83 bits per heavy atom. The monoisotopic (exact) mass is 394 g/mol. The van der Waals surface area contributed by atoms with E-state index in [9.17, 15) is 4.79 Å². The van der Waals surface area contributed by atoms with Crippen molar-refractivity contribution >= 4 is 16.8 Å². The Bertz CT molecular complexity index is 1040. The van der Waals surface area contributed by atoms with Crippen molar-refractivity contribution in [1.82, 2.24) is 30.1 Å². The zero-order valence-corrected chi connectivity index (χ0v) is 16.9. The summed E-state index contributed by atoms with van der Waals surface area (Å²) in [7, 11) is 1.94. The summed E-state index contributed by atoms with van der Waals surface area (Å²) in [4.78, 5) is 19.3. The molecular weight excluding hydrogens is 368 g/mol. The van der Waals surface area contributed by atoms with Crippen LogP contribution in [0.5, 0.6) is 0 Å². The van der Waals surface area contributed by atoms with Gasteiger partial charge < -0.3 is 14.7 Å². The first kappa shape index (κ1) is 18.3. The van der Waals surface area contributed by atoms with Gasteiger partial charge in [-0.3, -0.25) is 9.48 Å². The molecule has 2 aliphatic heterocycles. The number of carbonyl (C=O) groups excluding carboxylic acids is 1. The molecule has 29 heavy (non-hydrogen) atoms. The SMILES string of the molecule is Cc1nn(C)c2cc(-c3noc(C4CCN(C(=O)C5CCNC5)CC4)n3)ccc12. The predicted molar refractivity (Wildman–Crippen MR) is 108 cm³/mol. The minimum absolute atomic E-state index is 0.145. The van der Waals surface area contributed by atoms with Crippen LogP contribution in [-0.4, -0.2) is 56.9 Å². The van der Waals surface area contributed by atoms with Crippen molar-refractivity contribution in [2.24, 2.45) is 13.0 Å². The van der Waals surface area contributed by atoms with Crippen LogP contribution in [0.25, 0.3) is 22.3 Å². The molecule has 0 saturated carbocycles. The number of amides is 1. The van der Waals surface area contributed by atoms with Gasteiger partial charge in [-0.25, -0.2) is 0 Å². The van der Waals surface area contributed by atoms with Gasteiger partial charge in [0.1, 0.15) is 0 Å². The lowest BCUT2D eigenvalue weighted by atomic mass is 9.95. The molecule has 1 unspecified atom stereocenters. The van der Waals surface area contributed by atoms with Crippen LogP contribution in [-0.2, 0) is 11.8 Å². The molecule has 0 radical (unpaired) electrons. The highest BCUT2D eigenvalue weighted by atomic mass is 16.5. The number of hydrogen-bond acceptors (Lipinski definition) is 6. The first-order chi connectivity index (χ1) is 14.1. The average Bonchev–Trinajstić information content (AvgIpc) is 3.49. The molecule has 1 N–H and O–H groups in total. The Hall–Kier alpha value is -2.74. The summed E-state index contributed by atoms with van der Waals surface area (Å²) in [5.74, 6) is 1.93. The molecule has 2 fully saturated rings. The van der Waals surface area contributed by atoms with Gasteiger partial charge in [-0.1, -0.05) is 17.3 Å². The predicted octanol–water partition coefficient (Wildman–Crippen LogP) is 2.25. The quantitative estimate of drug-likeness (QED) is 0.733. The number of hydrogen-bond donors (Lipinski definition) is 1. The van der Waals surface area contributed by atoms with Crippen LogP contribution >= 0.6 is 0 Å². The third kappa shape index (κ3) is 3.31. The molecule has 0 spiro atoms. The van der Waals surface area contributed by atoms with Gasteiger partial charge in [0, 0.05) is 43.5 Å². The van der Waals surface area contributed by atoms with E-state index in [1.807, 2.05) is 29.6 Å². The van der Waals surface area contributed by atoms with Crippen molar-refractivity contribution < 1.29 is 9.32 Å². The highest BCUT2D eigenvalue weighted by Gasteiger charge is 2.32. The first-order valence-electron chi connectivity index (χ1n) is 10.4. The summed E-state index contributed by atoms with van der Waals surface area (Å²) in [5.41, 5.74) is 2.99. The van der Waals surface area contributed by atoms with Gasteiger partial charge in [0.15, 0.2) is 0 Å². The molecule has 1 aromatic carbocycles. The Kier molecular flexibility index (Phi) is 4.58. The van der Waals surface area contributed by atoms with Crippen molar-refractivity contribution in [2.45, 2.75) is 32.1 Å². The van der Waals surface area contributed by atoms with E-state index in [0.717, 1.165) is 67.6 Å². The molecule has 0 aliphatic carbocycles. The van der Waals surface area contributed by atoms with Gasteiger partial charge in [-0.05, 0) is 38.8 Å². The van der Waals surface area contributed by atoms with Crippen LogP contribution in [0.3, 0.4) is 0 Å². The molecule has 152 valence electrons. The molecule has 1 amide bonds. The number of aromatic nitrogens is 4. The number of piperidine rings is 1. The zero-order valence-electron chi connectivity index (χ0n) is 16.9. The molecule has 2 aliphatic rings. The summed E-state index contributed by atoms with van der Waals surface area (Å²) in [6, 6.07) is 6.13. The molecule has 1 atom stereocenters. The maximum atomic E-state index is 12.6. The van der Waals surface area contributed by atoms with Crippen molar-refractivity contribution in [3.05, 3.63) is 29.8 Å². The third-order valence-corrected chi connectivity index (χ3v) is 6.30. The van der Waals surface area contributed by atoms with Gasteiger partial charge in [0.2, 0.25) is 17.6 Å². The standard InChI is InChI=1S/C21H26N6O2/c1-13-17-4-3-15(11-18(17)26(2)24-13)19-23-20(29-25-19)14-6-9-27(10-7-14)21(28)16-5-8-22-12-16/h3-4,11,14,16,22H,5-10,12H2,1-2H3. The van der Waals surface area contributed by atoms with Crippen LogP contribution in [0.1, 0.15) is 36.8 Å². The van der Waals surface area contributed by atoms with E-state index in [0.29, 0.717) is 17.6 Å². The third-order valence-electron chi connectivity index (χ3n) is 6.30. The summed E-state index contributed by atoms with van der Waals surface area (Å²) >= 11 is 0. The first-order valence-corrected chi connectivity index (χ1v) is 10.4. The van der Waals surface area contributed by atoms with Crippen LogP contribution in [0.2, 0.25) is 0 Å².